The minimum Gasteiger partial charge on any atom is -0.390 e. The van der Waals surface area contributed by atoms with E-state index in [2.05, 4.69) is 4.90 Å². The van der Waals surface area contributed by atoms with E-state index >= 15 is 0 Å². The molecule has 3 nitrogen and oxygen atoms in total. The number of hydrogen-bond donors (Lipinski definition) is 2. The summed E-state index contributed by atoms with van der Waals surface area (Å²) in [5.41, 5.74) is 5.61. The van der Waals surface area contributed by atoms with Crippen LogP contribution < -0.4 is 5.73 Å². The number of nitrogens with zero attached hydrogens (tertiary/aromatic N) is 1. The van der Waals surface area contributed by atoms with Crippen LogP contribution in [0.3, 0.4) is 0 Å². The Bertz CT molecular complexity index is 230. The molecule has 2 rings (SSSR count). The lowest BCUT2D eigenvalue weighted by Crippen LogP contribution is -2.43. The minimum absolute atomic E-state index is 0.405. The molecule has 3 atom stereocenters. The van der Waals surface area contributed by atoms with E-state index in [1.165, 1.54) is 19.3 Å². The van der Waals surface area contributed by atoms with Gasteiger partial charge in [0.1, 0.15) is 0 Å². The number of aliphatic hydroxyl groups is 1. The van der Waals surface area contributed by atoms with E-state index in [1.807, 2.05) is 6.92 Å². The molecule has 0 spiro atoms. The number of likely N-dealkylation sites (tertiary alicyclic amines) is 1. The van der Waals surface area contributed by atoms with Gasteiger partial charge in [0, 0.05) is 18.6 Å². The molecule has 3 unspecified atom stereocenters. The Balaban J connectivity index is 1.89. The Kier molecular flexibility index (Phi) is 3.88. The summed E-state index contributed by atoms with van der Waals surface area (Å²) in [5, 5.41) is 10.1. The fourth-order valence-corrected chi connectivity index (χ4v) is 3.18. The fourth-order valence-electron chi connectivity index (χ4n) is 3.18. The Morgan fingerprint density at radius 1 is 1.19 bits per heavy atom. The summed E-state index contributed by atoms with van der Waals surface area (Å²) >= 11 is 0. The Hall–Kier alpha value is -0.120. The average molecular weight is 226 g/mol. The van der Waals surface area contributed by atoms with Gasteiger partial charge < -0.3 is 15.7 Å². The van der Waals surface area contributed by atoms with Gasteiger partial charge in [0.2, 0.25) is 0 Å². The first kappa shape index (κ1) is 12.3. The molecule has 1 aliphatic heterocycles. The van der Waals surface area contributed by atoms with Gasteiger partial charge in [0.05, 0.1) is 5.60 Å². The first-order valence-electron chi connectivity index (χ1n) is 6.79. The molecule has 1 heterocycles. The molecule has 2 aliphatic rings. The normalized spacial score (nSPS) is 42.9. The lowest BCUT2D eigenvalue weighted by Gasteiger charge is -2.36. The highest BCUT2D eigenvalue weighted by molar-refractivity contribution is 4.86. The Morgan fingerprint density at radius 2 is 2.00 bits per heavy atom. The summed E-state index contributed by atoms with van der Waals surface area (Å²) in [6, 6.07) is 1.08. The summed E-state index contributed by atoms with van der Waals surface area (Å²) in [5.74, 6) is 0. The van der Waals surface area contributed by atoms with Gasteiger partial charge in [0.25, 0.3) is 0 Å². The van der Waals surface area contributed by atoms with Crippen LogP contribution in [0.2, 0.25) is 0 Å². The largest absolute Gasteiger partial charge is 0.390 e. The van der Waals surface area contributed by atoms with Crippen molar-refractivity contribution in [3.8, 4) is 0 Å². The van der Waals surface area contributed by atoms with E-state index in [-0.39, 0.29) is 0 Å². The molecule has 16 heavy (non-hydrogen) atoms. The van der Waals surface area contributed by atoms with Gasteiger partial charge >= 0.3 is 0 Å². The van der Waals surface area contributed by atoms with E-state index in [4.69, 9.17) is 5.73 Å². The smallest absolute Gasteiger partial charge is 0.0632 e. The molecule has 0 bridgehead atoms. The van der Waals surface area contributed by atoms with Crippen LogP contribution in [0.15, 0.2) is 0 Å². The second-order valence-corrected chi connectivity index (χ2v) is 5.97. The van der Waals surface area contributed by atoms with Crippen LogP contribution in [-0.4, -0.2) is 40.8 Å². The lowest BCUT2D eigenvalue weighted by atomic mass is 9.90. The number of hydrogen-bond acceptors (Lipinski definition) is 3. The monoisotopic (exact) mass is 226 g/mol. The van der Waals surface area contributed by atoms with Crippen LogP contribution in [-0.2, 0) is 0 Å². The zero-order valence-electron chi connectivity index (χ0n) is 10.5. The van der Waals surface area contributed by atoms with Crippen molar-refractivity contribution in [3.63, 3.8) is 0 Å². The summed E-state index contributed by atoms with van der Waals surface area (Å²) in [7, 11) is 0. The van der Waals surface area contributed by atoms with Crippen molar-refractivity contribution in [2.75, 3.05) is 13.1 Å². The molecule has 0 aromatic heterocycles. The highest BCUT2D eigenvalue weighted by Gasteiger charge is 2.30. The van der Waals surface area contributed by atoms with Gasteiger partial charge in [-0.25, -0.2) is 0 Å². The molecule has 0 radical (unpaired) electrons. The van der Waals surface area contributed by atoms with E-state index in [0.717, 1.165) is 38.8 Å². The molecule has 3 N–H and O–H groups in total. The highest BCUT2D eigenvalue weighted by Crippen LogP contribution is 2.27. The zero-order chi connectivity index (χ0) is 11.6. The van der Waals surface area contributed by atoms with Crippen LogP contribution in [0.1, 0.15) is 51.9 Å². The minimum atomic E-state index is -0.439. The van der Waals surface area contributed by atoms with Gasteiger partial charge in [0.15, 0.2) is 0 Å². The van der Waals surface area contributed by atoms with Crippen LogP contribution in [0, 0.1) is 0 Å². The van der Waals surface area contributed by atoms with Crippen molar-refractivity contribution >= 4 is 0 Å². The molecule has 0 aromatic carbocycles. The third-order valence-corrected chi connectivity index (χ3v) is 4.30. The van der Waals surface area contributed by atoms with E-state index in [9.17, 15) is 5.11 Å². The summed E-state index contributed by atoms with van der Waals surface area (Å²) < 4.78 is 0. The van der Waals surface area contributed by atoms with Crippen molar-refractivity contribution < 1.29 is 5.11 Å². The topological polar surface area (TPSA) is 49.5 Å². The lowest BCUT2D eigenvalue weighted by molar-refractivity contribution is 0.0417. The average Bonchev–Trinajstić information content (AvgIpc) is 2.39. The molecule has 1 saturated heterocycles. The maximum absolute atomic E-state index is 10.1. The van der Waals surface area contributed by atoms with Crippen molar-refractivity contribution in [1.29, 1.82) is 0 Å². The number of rotatable bonds is 1. The van der Waals surface area contributed by atoms with E-state index < -0.39 is 5.60 Å². The summed E-state index contributed by atoms with van der Waals surface area (Å²) in [6.45, 7) is 4.17. The maximum atomic E-state index is 10.1. The molecule has 0 amide bonds. The summed E-state index contributed by atoms with van der Waals surface area (Å²) in [4.78, 5) is 2.57. The molecular weight excluding hydrogens is 200 g/mol. The highest BCUT2D eigenvalue weighted by atomic mass is 16.3. The van der Waals surface area contributed by atoms with Gasteiger partial charge in [-0.15, -0.1) is 0 Å². The Labute approximate surface area is 99.0 Å². The molecular formula is C13H26N2O. The van der Waals surface area contributed by atoms with Gasteiger partial charge in [-0.2, -0.15) is 0 Å². The SMILES string of the molecule is CC1(O)CCCN(C2CCCC(N)C2)CC1. The third kappa shape index (κ3) is 3.19. The van der Waals surface area contributed by atoms with Crippen LogP contribution in [0.5, 0.6) is 0 Å². The van der Waals surface area contributed by atoms with Crippen molar-refractivity contribution in [2.24, 2.45) is 5.73 Å². The number of nitrogens with two attached hydrogens (primary N) is 1. The van der Waals surface area contributed by atoms with Crippen molar-refractivity contribution in [3.05, 3.63) is 0 Å². The van der Waals surface area contributed by atoms with Gasteiger partial charge in [-0.1, -0.05) is 6.42 Å². The molecule has 1 aliphatic carbocycles. The fraction of sp³-hybridized carbons (Fsp3) is 1.00. The predicted molar refractivity (Wildman–Crippen MR) is 66.3 cm³/mol. The summed E-state index contributed by atoms with van der Waals surface area (Å²) in [6.07, 6.45) is 7.92. The van der Waals surface area contributed by atoms with Crippen LogP contribution in [0.25, 0.3) is 0 Å². The first-order chi connectivity index (χ1) is 7.57. The third-order valence-electron chi connectivity index (χ3n) is 4.30. The Morgan fingerprint density at radius 3 is 2.75 bits per heavy atom. The van der Waals surface area contributed by atoms with Crippen LogP contribution >= 0.6 is 0 Å². The molecule has 94 valence electrons. The second-order valence-electron chi connectivity index (χ2n) is 5.97. The molecule has 0 aromatic rings. The van der Waals surface area contributed by atoms with Crippen molar-refractivity contribution in [1.82, 2.24) is 4.90 Å². The van der Waals surface area contributed by atoms with E-state index in [0.29, 0.717) is 12.1 Å². The zero-order valence-corrected chi connectivity index (χ0v) is 10.5. The standard InChI is InChI=1S/C13H26N2O/c1-13(16)6-3-8-15(9-7-13)12-5-2-4-11(14)10-12/h11-12,16H,2-10,14H2,1H3. The molecule has 2 fully saturated rings. The van der Waals surface area contributed by atoms with Crippen molar-refractivity contribution in [2.45, 2.75) is 69.6 Å². The van der Waals surface area contributed by atoms with E-state index in [1.54, 1.807) is 0 Å². The maximum Gasteiger partial charge on any atom is 0.0632 e. The molecule has 3 heteroatoms. The van der Waals surface area contributed by atoms with Crippen LogP contribution in [0.4, 0.5) is 0 Å². The predicted octanol–water partition coefficient (Wildman–Crippen LogP) is 1.49. The second kappa shape index (κ2) is 5.03. The quantitative estimate of drug-likeness (QED) is 0.712. The first-order valence-corrected chi connectivity index (χ1v) is 6.79. The van der Waals surface area contributed by atoms with Gasteiger partial charge in [-0.3, -0.25) is 0 Å². The van der Waals surface area contributed by atoms with Gasteiger partial charge in [-0.05, 0) is 52.0 Å². The molecule has 1 saturated carbocycles.